The lowest BCUT2D eigenvalue weighted by Crippen LogP contribution is -2.26. The third-order valence-corrected chi connectivity index (χ3v) is 2.34. The third kappa shape index (κ3) is 3.79. The summed E-state index contributed by atoms with van der Waals surface area (Å²) in [5.74, 6) is -0.999. The summed E-state index contributed by atoms with van der Waals surface area (Å²) in [6, 6.07) is 3.86. The molecule has 0 spiro atoms. The monoisotopic (exact) mass is 245 g/mol. The molecule has 16 heavy (non-hydrogen) atoms. The lowest BCUT2D eigenvalue weighted by Gasteiger charge is -2.07. The molecule has 0 saturated heterocycles. The first-order valence-electron chi connectivity index (χ1n) is 4.92. The SMILES string of the molecule is CC(O)CCNC(=O)c1ccc(Cl)c(F)c1. The van der Waals surface area contributed by atoms with E-state index in [1.54, 1.807) is 6.92 Å². The minimum atomic E-state index is -0.621. The van der Waals surface area contributed by atoms with Crippen LogP contribution in [0.4, 0.5) is 4.39 Å². The molecule has 3 nitrogen and oxygen atoms in total. The normalized spacial score (nSPS) is 12.2. The number of halogens is 2. The summed E-state index contributed by atoms with van der Waals surface area (Å²) < 4.78 is 13.0. The number of nitrogens with one attached hydrogen (secondary N) is 1. The second-order valence-electron chi connectivity index (χ2n) is 3.52. The van der Waals surface area contributed by atoms with E-state index >= 15 is 0 Å². The fourth-order valence-corrected chi connectivity index (χ4v) is 1.25. The van der Waals surface area contributed by atoms with Gasteiger partial charge in [-0.15, -0.1) is 0 Å². The summed E-state index contributed by atoms with van der Waals surface area (Å²) in [5.41, 5.74) is 0.215. The van der Waals surface area contributed by atoms with Crippen molar-refractivity contribution in [3.05, 3.63) is 34.6 Å². The number of amides is 1. The highest BCUT2D eigenvalue weighted by molar-refractivity contribution is 6.30. The lowest BCUT2D eigenvalue weighted by molar-refractivity contribution is 0.0945. The van der Waals surface area contributed by atoms with Gasteiger partial charge in [0.15, 0.2) is 0 Å². The Morgan fingerprint density at radius 1 is 1.62 bits per heavy atom. The van der Waals surface area contributed by atoms with E-state index in [1.165, 1.54) is 12.1 Å². The predicted octanol–water partition coefficient (Wildman–Crippen LogP) is 1.98. The summed E-state index contributed by atoms with van der Waals surface area (Å²) in [4.78, 5) is 11.5. The molecule has 0 fully saturated rings. The smallest absolute Gasteiger partial charge is 0.251 e. The molecule has 5 heteroatoms. The molecule has 88 valence electrons. The van der Waals surface area contributed by atoms with E-state index in [9.17, 15) is 9.18 Å². The molecule has 1 unspecified atom stereocenters. The van der Waals surface area contributed by atoms with Crippen molar-refractivity contribution in [2.24, 2.45) is 0 Å². The molecule has 1 atom stereocenters. The Balaban J connectivity index is 2.56. The van der Waals surface area contributed by atoms with Gasteiger partial charge in [-0.2, -0.15) is 0 Å². The summed E-state index contributed by atoms with van der Waals surface area (Å²) >= 11 is 5.49. The van der Waals surface area contributed by atoms with Crippen LogP contribution < -0.4 is 5.32 Å². The van der Waals surface area contributed by atoms with Gasteiger partial charge in [-0.25, -0.2) is 4.39 Å². The highest BCUT2D eigenvalue weighted by Crippen LogP contribution is 2.15. The van der Waals surface area contributed by atoms with Gasteiger partial charge in [0, 0.05) is 12.1 Å². The van der Waals surface area contributed by atoms with Crippen molar-refractivity contribution in [2.75, 3.05) is 6.54 Å². The topological polar surface area (TPSA) is 49.3 Å². The molecule has 0 aliphatic rings. The molecular formula is C11H13ClFNO2. The number of hydrogen-bond donors (Lipinski definition) is 2. The Bertz CT molecular complexity index is 382. The molecule has 0 radical (unpaired) electrons. The largest absolute Gasteiger partial charge is 0.393 e. The molecule has 1 rings (SSSR count). The quantitative estimate of drug-likeness (QED) is 0.852. The Morgan fingerprint density at radius 2 is 2.31 bits per heavy atom. The van der Waals surface area contributed by atoms with Crippen molar-refractivity contribution in [1.29, 1.82) is 0 Å². The van der Waals surface area contributed by atoms with Crippen LogP contribution in [-0.2, 0) is 0 Å². The van der Waals surface area contributed by atoms with E-state index in [4.69, 9.17) is 16.7 Å². The number of carbonyl (C=O) groups is 1. The van der Waals surface area contributed by atoms with Gasteiger partial charge in [0.05, 0.1) is 11.1 Å². The van der Waals surface area contributed by atoms with Crippen LogP contribution in [0.1, 0.15) is 23.7 Å². The fourth-order valence-electron chi connectivity index (χ4n) is 1.13. The van der Waals surface area contributed by atoms with Crippen LogP contribution in [-0.4, -0.2) is 23.7 Å². The zero-order chi connectivity index (χ0) is 12.1. The van der Waals surface area contributed by atoms with Crippen LogP contribution in [0.3, 0.4) is 0 Å². The van der Waals surface area contributed by atoms with E-state index in [0.29, 0.717) is 13.0 Å². The van der Waals surface area contributed by atoms with Crippen molar-refractivity contribution in [3.8, 4) is 0 Å². The van der Waals surface area contributed by atoms with Gasteiger partial charge in [-0.3, -0.25) is 4.79 Å². The average Bonchev–Trinajstić information content (AvgIpc) is 2.21. The standard InChI is InChI=1S/C11H13ClFNO2/c1-7(15)4-5-14-11(16)8-2-3-9(12)10(13)6-8/h2-3,6-7,15H,4-5H2,1H3,(H,14,16). The van der Waals surface area contributed by atoms with Crippen LogP contribution in [0.2, 0.25) is 5.02 Å². The number of rotatable bonds is 4. The number of aliphatic hydroxyl groups excluding tert-OH is 1. The average molecular weight is 246 g/mol. The summed E-state index contributed by atoms with van der Waals surface area (Å²) in [6.45, 7) is 1.98. The zero-order valence-corrected chi connectivity index (χ0v) is 9.59. The minimum Gasteiger partial charge on any atom is -0.393 e. The predicted molar refractivity (Wildman–Crippen MR) is 60.0 cm³/mol. The van der Waals surface area contributed by atoms with Crippen molar-refractivity contribution < 1.29 is 14.3 Å². The van der Waals surface area contributed by atoms with Crippen LogP contribution >= 0.6 is 11.6 Å². The van der Waals surface area contributed by atoms with Crippen LogP contribution in [0.25, 0.3) is 0 Å². The molecule has 0 aliphatic heterocycles. The Kier molecular flexibility index (Phi) is 4.71. The second-order valence-corrected chi connectivity index (χ2v) is 3.93. The Hall–Kier alpha value is -1.13. The van der Waals surface area contributed by atoms with Gasteiger partial charge < -0.3 is 10.4 Å². The summed E-state index contributed by atoms with van der Waals surface area (Å²) in [6.07, 6.45) is -0.0100. The number of aliphatic hydroxyl groups is 1. The maximum absolute atomic E-state index is 13.0. The Labute approximate surface area is 98.2 Å². The van der Waals surface area contributed by atoms with Gasteiger partial charge in [0.1, 0.15) is 5.82 Å². The van der Waals surface area contributed by atoms with E-state index in [1.807, 2.05) is 0 Å². The Morgan fingerprint density at radius 3 is 2.88 bits per heavy atom. The molecule has 0 aliphatic carbocycles. The molecule has 1 aromatic rings. The van der Waals surface area contributed by atoms with Gasteiger partial charge in [0.2, 0.25) is 0 Å². The molecule has 2 N–H and O–H groups in total. The van der Waals surface area contributed by atoms with Crippen LogP contribution in [0.15, 0.2) is 18.2 Å². The van der Waals surface area contributed by atoms with Crippen molar-refractivity contribution in [2.45, 2.75) is 19.4 Å². The van der Waals surface area contributed by atoms with Gasteiger partial charge in [-0.1, -0.05) is 11.6 Å². The first-order valence-corrected chi connectivity index (χ1v) is 5.30. The van der Waals surface area contributed by atoms with Gasteiger partial charge in [-0.05, 0) is 31.5 Å². The molecule has 1 aromatic carbocycles. The lowest BCUT2D eigenvalue weighted by atomic mass is 10.2. The molecule has 0 bridgehead atoms. The van der Waals surface area contributed by atoms with Crippen molar-refractivity contribution in [1.82, 2.24) is 5.32 Å². The number of hydrogen-bond acceptors (Lipinski definition) is 2. The summed E-state index contributed by atoms with van der Waals surface area (Å²) in [5, 5.41) is 11.5. The van der Waals surface area contributed by atoms with E-state index in [-0.39, 0.29) is 16.5 Å². The van der Waals surface area contributed by atoms with Crippen molar-refractivity contribution >= 4 is 17.5 Å². The zero-order valence-electron chi connectivity index (χ0n) is 8.84. The second kappa shape index (κ2) is 5.82. The van der Waals surface area contributed by atoms with Crippen molar-refractivity contribution in [3.63, 3.8) is 0 Å². The molecule has 0 aromatic heterocycles. The van der Waals surface area contributed by atoms with Crippen LogP contribution in [0.5, 0.6) is 0 Å². The van der Waals surface area contributed by atoms with Gasteiger partial charge >= 0.3 is 0 Å². The number of benzene rings is 1. The highest BCUT2D eigenvalue weighted by atomic mass is 35.5. The summed E-state index contributed by atoms with van der Waals surface area (Å²) in [7, 11) is 0. The van der Waals surface area contributed by atoms with E-state index < -0.39 is 11.9 Å². The molecular weight excluding hydrogens is 233 g/mol. The first-order chi connectivity index (χ1) is 7.50. The highest BCUT2D eigenvalue weighted by Gasteiger charge is 2.08. The fraction of sp³-hybridized carbons (Fsp3) is 0.364. The third-order valence-electron chi connectivity index (χ3n) is 2.03. The van der Waals surface area contributed by atoms with E-state index in [2.05, 4.69) is 5.32 Å². The number of carbonyl (C=O) groups excluding carboxylic acids is 1. The molecule has 0 saturated carbocycles. The van der Waals surface area contributed by atoms with Crippen LogP contribution in [0, 0.1) is 5.82 Å². The van der Waals surface area contributed by atoms with Gasteiger partial charge in [0.25, 0.3) is 5.91 Å². The van der Waals surface area contributed by atoms with E-state index in [0.717, 1.165) is 6.07 Å². The minimum absolute atomic E-state index is 0.0134. The first kappa shape index (κ1) is 12.9. The molecule has 1 amide bonds. The molecule has 0 heterocycles. The maximum atomic E-state index is 13.0. The maximum Gasteiger partial charge on any atom is 0.251 e.